The molecule has 1 aliphatic rings. The van der Waals surface area contributed by atoms with E-state index in [1.54, 1.807) is 24.5 Å². The number of aromatic nitrogens is 1. The first-order valence-corrected chi connectivity index (χ1v) is 7.99. The molecule has 2 unspecified atom stereocenters. The zero-order valence-corrected chi connectivity index (χ0v) is 13.7. The van der Waals surface area contributed by atoms with Crippen molar-refractivity contribution in [3.63, 3.8) is 0 Å². The monoisotopic (exact) mass is 328 g/mol. The summed E-state index contributed by atoms with van der Waals surface area (Å²) in [7, 11) is 1.52. The first-order valence-electron chi connectivity index (χ1n) is 7.99. The predicted molar refractivity (Wildman–Crippen MR) is 89.5 cm³/mol. The number of amides is 1. The number of fused-ring (bicyclic) bond motifs is 1. The normalized spacial score (nSPS) is 20.0. The van der Waals surface area contributed by atoms with Crippen molar-refractivity contribution < 1.29 is 19.1 Å². The molecule has 1 N–H and O–H groups in total. The van der Waals surface area contributed by atoms with Gasteiger partial charge in [0.15, 0.2) is 6.29 Å². The van der Waals surface area contributed by atoms with Gasteiger partial charge in [0.2, 0.25) is 5.91 Å². The Labute approximate surface area is 140 Å². The van der Waals surface area contributed by atoms with Gasteiger partial charge in [0.1, 0.15) is 18.1 Å². The standard InChI is InChI=1S/C18H20N2O4/c1-3-11-5-18(22)20-15(11)10-24-17-8-19-7-12-4-13(9-21)16(23-2)6-14(12)17/h4,6-9,11,15H,3,5,10H2,1-2H3,(H,20,22). The molecule has 6 nitrogen and oxygen atoms in total. The second kappa shape index (κ2) is 6.86. The van der Waals surface area contributed by atoms with E-state index in [-0.39, 0.29) is 17.9 Å². The number of aldehydes is 1. The summed E-state index contributed by atoms with van der Waals surface area (Å²) >= 11 is 0. The topological polar surface area (TPSA) is 77.5 Å². The van der Waals surface area contributed by atoms with Crippen LogP contribution in [0.25, 0.3) is 10.8 Å². The molecule has 1 saturated heterocycles. The highest BCUT2D eigenvalue weighted by Crippen LogP contribution is 2.31. The molecule has 0 radical (unpaired) electrons. The van der Waals surface area contributed by atoms with Gasteiger partial charge in [-0.2, -0.15) is 0 Å². The van der Waals surface area contributed by atoms with Crippen LogP contribution in [0, 0.1) is 5.92 Å². The second-order valence-electron chi connectivity index (χ2n) is 5.93. The van der Waals surface area contributed by atoms with E-state index < -0.39 is 0 Å². The molecular weight excluding hydrogens is 308 g/mol. The van der Waals surface area contributed by atoms with Crippen molar-refractivity contribution >= 4 is 23.0 Å². The molecule has 1 aromatic heterocycles. The van der Waals surface area contributed by atoms with Crippen molar-refractivity contribution in [2.45, 2.75) is 25.8 Å². The molecule has 24 heavy (non-hydrogen) atoms. The quantitative estimate of drug-likeness (QED) is 0.824. The van der Waals surface area contributed by atoms with Crippen molar-refractivity contribution in [2.24, 2.45) is 5.92 Å². The summed E-state index contributed by atoms with van der Waals surface area (Å²) in [6.45, 7) is 2.46. The number of nitrogens with zero attached hydrogens (tertiary/aromatic N) is 1. The molecule has 1 aliphatic heterocycles. The zero-order valence-electron chi connectivity index (χ0n) is 13.7. The Kier molecular flexibility index (Phi) is 4.64. The van der Waals surface area contributed by atoms with Gasteiger partial charge in [-0.25, -0.2) is 0 Å². The third-order valence-electron chi connectivity index (χ3n) is 4.51. The summed E-state index contributed by atoms with van der Waals surface area (Å²) in [5.41, 5.74) is 0.470. The lowest BCUT2D eigenvalue weighted by atomic mass is 9.98. The van der Waals surface area contributed by atoms with Gasteiger partial charge in [-0.1, -0.05) is 13.3 Å². The molecule has 1 aromatic carbocycles. The van der Waals surface area contributed by atoms with Gasteiger partial charge in [0.25, 0.3) is 0 Å². The van der Waals surface area contributed by atoms with Crippen LogP contribution in [-0.4, -0.2) is 36.9 Å². The molecule has 0 saturated carbocycles. The van der Waals surface area contributed by atoms with Crippen LogP contribution in [0.4, 0.5) is 0 Å². The highest BCUT2D eigenvalue weighted by molar-refractivity contribution is 5.94. The maximum absolute atomic E-state index is 11.6. The first kappa shape index (κ1) is 16.2. The largest absolute Gasteiger partial charge is 0.496 e. The summed E-state index contributed by atoms with van der Waals surface area (Å²) in [6.07, 6.45) is 5.55. The van der Waals surface area contributed by atoms with Crippen LogP contribution in [0.1, 0.15) is 30.1 Å². The maximum Gasteiger partial charge on any atom is 0.220 e. The minimum absolute atomic E-state index is 0.00824. The SMILES string of the molecule is CCC1CC(=O)NC1COc1cncc2cc(C=O)c(OC)cc12. The lowest BCUT2D eigenvalue weighted by Gasteiger charge is -2.18. The van der Waals surface area contributed by atoms with Crippen LogP contribution < -0.4 is 14.8 Å². The Balaban J connectivity index is 1.87. The number of hydrogen-bond donors (Lipinski definition) is 1. The van der Waals surface area contributed by atoms with Gasteiger partial charge in [-0.15, -0.1) is 0 Å². The minimum atomic E-state index is 0.00824. The van der Waals surface area contributed by atoms with E-state index in [1.807, 2.05) is 0 Å². The molecule has 1 fully saturated rings. The Morgan fingerprint density at radius 1 is 1.33 bits per heavy atom. The van der Waals surface area contributed by atoms with Crippen molar-refractivity contribution in [1.29, 1.82) is 0 Å². The van der Waals surface area contributed by atoms with E-state index in [1.165, 1.54) is 7.11 Å². The fourth-order valence-corrected chi connectivity index (χ4v) is 3.12. The Morgan fingerprint density at radius 3 is 2.88 bits per heavy atom. The fourth-order valence-electron chi connectivity index (χ4n) is 3.12. The van der Waals surface area contributed by atoms with Crippen LogP contribution in [0.5, 0.6) is 11.5 Å². The molecular formula is C18H20N2O4. The minimum Gasteiger partial charge on any atom is -0.496 e. The summed E-state index contributed by atoms with van der Waals surface area (Å²) in [6, 6.07) is 3.52. The van der Waals surface area contributed by atoms with E-state index in [0.717, 1.165) is 23.5 Å². The van der Waals surface area contributed by atoms with Gasteiger partial charge >= 0.3 is 0 Å². The number of ether oxygens (including phenoxy) is 2. The number of pyridine rings is 1. The number of carbonyl (C=O) groups excluding carboxylic acids is 2. The maximum atomic E-state index is 11.6. The Bertz CT molecular complexity index is 775. The Hall–Kier alpha value is -2.63. The van der Waals surface area contributed by atoms with E-state index in [2.05, 4.69) is 17.2 Å². The van der Waals surface area contributed by atoms with Gasteiger partial charge in [-0.05, 0) is 18.1 Å². The number of methoxy groups -OCH3 is 1. The molecule has 2 heterocycles. The number of rotatable bonds is 6. The summed E-state index contributed by atoms with van der Waals surface area (Å²) in [5.74, 6) is 1.47. The van der Waals surface area contributed by atoms with Crippen LogP contribution in [0.15, 0.2) is 24.5 Å². The van der Waals surface area contributed by atoms with Crippen molar-refractivity contribution in [2.75, 3.05) is 13.7 Å². The van der Waals surface area contributed by atoms with Crippen LogP contribution in [-0.2, 0) is 4.79 Å². The molecule has 1 amide bonds. The highest BCUT2D eigenvalue weighted by atomic mass is 16.5. The molecule has 0 bridgehead atoms. The van der Waals surface area contributed by atoms with Gasteiger partial charge in [0, 0.05) is 23.4 Å². The van der Waals surface area contributed by atoms with E-state index in [0.29, 0.717) is 30.1 Å². The molecule has 126 valence electrons. The molecule has 2 aromatic rings. The van der Waals surface area contributed by atoms with Crippen molar-refractivity contribution in [3.8, 4) is 11.5 Å². The zero-order chi connectivity index (χ0) is 17.1. The first-order chi connectivity index (χ1) is 11.7. The molecule has 0 aliphatic carbocycles. The number of carbonyl (C=O) groups is 2. The number of hydrogen-bond acceptors (Lipinski definition) is 5. The molecule has 0 spiro atoms. The Morgan fingerprint density at radius 2 is 2.17 bits per heavy atom. The lowest BCUT2D eigenvalue weighted by Crippen LogP contribution is -2.34. The lowest BCUT2D eigenvalue weighted by molar-refractivity contribution is -0.119. The summed E-state index contributed by atoms with van der Waals surface area (Å²) < 4.78 is 11.2. The smallest absolute Gasteiger partial charge is 0.220 e. The number of benzene rings is 1. The fraction of sp³-hybridized carbons (Fsp3) is 0.389. The van der Waals surface area contributed by atoms with E-state index in [9.17, 15) is 9.59 Å². The second-order valence-corrected chi connectivity index (χ2v) is 5.93. The van der Waals surface area contributed by atoms with E-state index in [4.69, 9.17) is 9.47 Å². The molecule has 3 rings (SSSR count). The van der Waals surface area contributed by atoms with Gasteiger partial charge < -0.3 is 14.8 Å². The third-order valence-corrected chi connectivity index (χ3v) is 4.51. The van der Waals surface area contributed by atoms with Crippen LogP contribution >= 0.6 is 0 Å². The summed E-state index contributed by atoms with van der Waals surface area (Å²) in [5, 5.41) is 4.59. The van der Waals surface area contributed by atoms with Gasteiger partial charge in [0.05, 0.1) is 24.9 Å². The number of nitrogens with one attached hydrogen (secondary N) is 1. The average Bonchev–Trinajstić information content (AvgIpc) is 2.98. The van der Waals surface area contributed by atoms with Crippen molar-refractivity contribution in [3.05, 3.63) is 30.1 Å². The third kappa shape index (κ3) is 3.04. The highest BCUT2D eigenvalue weighted by Gasteiger charge is 2.31. The van der Waals surface area contributed by atoms with Crippen LogP contribution in [0.3, 0.4) is 0 Å². The predicted octanol–water partition coefficient (Wildman–Crippen LogP) is 2.35. The summed E-state index contributed by atoms with van der Waals surface area (Å²) in [4.78, 5) is 26.9. The van der Waals surface area contributed by atoms with Gasteiger partial charge in [-0.3, -0.25) is 14.6 Å². The van der Waals surface area contributed by atoms with E-state index >= 15 is 0 Å². The van der Waals surface area contributed by atoms with Crippen molar-refractivity contribution in [1.82, 2.24) is 10.3 Å². The van der Waals surface area contributed by atoms with Crippen LogP contribution in [0.2, 0.25) is 0 Å². The molecule has 2 atom stereocenters. The molecule has 6 heteroatoms. The average molecular weight is 328 g/mol.